The minimum Gasteiger partial charge on any atom is -0.475 e. The lowest BCUT2D eigenvalue weighted by atomic mass is 10.1. The van der Waals surface area contributed by atoms with E-state index in [1.165, 1.54) is 5.56 Å². The number of amidine groups is 1. The number of aliphatic carboxylic acids is 1. The van der Waals surface area contributed by atoms with E-state index in [4.69, 9.17) is 21.0 Å². The second-order valence-corrected chi connectivity index (χ2v) is 8.93. The fourth-order valence-corrected chi connectivity index (χ4v) is 3.66. The third-order valence-corrected chi connectivity index (χ3v) is 5.70. The quantitative estimate of drug-likeness (QED) is 0.135. The summed E-state index contributed by atoms with van der Waals surface area (Å²) in [6.45, 7) is 3.01. The fraction of sp³-hybridized carbons (Fsp3) is 0.429. The maximum absolute atomic E-state index is 13.1. The lowest BCUT2D eigenvalue weighted by Crippen LogP contribution is -2.53. The van der Waals surface area contributed by atoms with Crippen LogP contribution in [0.4, 0.5) is 13.2 Å². The van der Waals surface area contributed by atoms with Gasteiger partial charge in [-0.15, -0.1) is 0 Å². The van der Waals surface area contributed by atoms with Crippen LogP contribution in [0.25, 0.3) is 0 Å². The predicted molar refractivity (Wildman–Crippen MR) is 147 cm³/mol. The lowest BCUT2D eigenvalue weighted by molar-refractivity contribution is -0.192. The molecular weight excluding hydrogens is 527 g/mol. The first kappa shape index (κ1) is 34.1. The summed E-state index contributed by atoms with van der Waals surface area (Å²) in [7, 11) is 0. The van der Waals surface area contributed by atoms with Crippen molar-refractivity contribution in [2.75, 3.05) is 26.2 Å². The Morgan fingerprint density at radius 3 is 1.95 bits per heavy atom. The summed E-state index contributed by atoms with van der Waals surface area (Å²) in [6, 6.07) is 19.5. The van der Waals surface area contributed by atoms with Crippen LogP contribution in [0, 0.1) is 5.41 Å². The molecule has 0 aliphatic heterocycles. The number of benzene rings is 2. The average Bonchev–Trinajstić information content (AvgIpc) is 2.92. The number of nitrogens with zero attached hydrogens (tertiary/aromatic N) is 1. The van der Waals surface area contributed by atoms with Crippen molar-refractivity contribution in [3.05, 3.63) is 71.8 Å². The number of alkyl halides is 3. The molecule has 2 aromatic carbocycles. The number of carbonyl (C=O) groups excluding carboxylic acids is 2. The van der Waals surface area contributed by atoms with Crippen molar-refractivity contribution in [1.82, 2.24) is 15.5 Å². The average molecular weight is 566 g/mol. The molecule has 2 aromatic rings. The minimum atomic E-state index is -5.08. The number of hydrogen-bond donors (Lipinski definition) is 5. The van der Waals surface area contributed by atoms with E-state index in [1.807, 2.05) is 48.5 Å². The van der Waals surface area contributed by atoms with E-state index in [0.717, 1.165) is 18.4 Å². The molecule has 0 heterocycles. The number of rotatable bonds is 14. The lowest BCUT2D eigenvalue weighted by Gasteiger charge is -2.31. The van der Waals surface area contributed by atoms with Crippen LogP contribution < -0.4 is 16.4 Å². The van der Waals surface area contributed by atoms with Gasteiger partial charge in [-0.2, -0.15) is 13.2 Å². The van der Waals surface area contributed by atoms with Gasteiger partial charge in [0.2, 0.25) is 11.8 Å². The van der Waals surface area contributed by atoms with Gasteiger partial charge < -0.3 is 26.4 Å². The first-order valence-electron chi connectivity index (χ1n) is 12.9. The Balaban J connectivity index is 0.00000101. The molecule has 0 saturated carbocycles. The summed E-state index contributed by atoms with van der Waals surface area (Å²) in [6.07, 6.45) is -1.57. The molecule has 1 unspecified atom stereocenters. The smallest absolute Gasteiger partial charge is 0.475 e. The number of amides is 2. The Labute approximate surface area is 232 Å². The first-order chi connectivity index (χ1) is 19.0. The molecule has 0 aliphatic rings. The zero-order valence-corrected chi connectivity index (χ0v) is 22.5. The molecule has 0 radical (unpaired) electrons. The summed E-state index contributed by atoms with van der Waals surface area (Å²) in [4.78, 5) is 36.7. The van der Waals surface area contributed by atoms with E-state index in [1.54, 1.807) is 11.8 Å². The third kappa shape index (κ3) is 14.3. The van der Waals surface area contributed by atoms with Crippen LogP contribution >= 0.6 is 0 Å². The number of halogens is 3. The third-order valence-electron chi connectivity index (χ3n) is 5.70. The van der Waals surface area contributed by atoms with Gasteiger partial charge in [-0.05, 0) is 56.7 Å². The number of hydrogen-bond acceptors (Lipinski definition) is 5. The Hall–Kier alpha value is -3.93. The Kier molecular flexibility index (Phi) is 15.7. The molecule has 0 aliphatic carbocycles. The summed E-state index contributed by atoms with van der Waals surface area (Å²) in [5.74, 6) is -2.88. The maximum Gasteiger partial charge on any atom is 0.490 e. The molecule has 9 nitrogen and oxygen atoms in total. The fourth-order valence-electron chi connectivity index (χ4n) is 3.66. The van der Waals surface area contributed by atoms with Crippen LogP contribution in [-0.4, -0.2) is 72.0 Å². The summed E-state index contributed by atoms with van der Waals surface area (Å²) >= 11 is 0. The second-order valence-electron chi connectivity index (χ2n) is 8.93. The number of carbonyl (C=O) groups is 3. The Bertz CT molecular complexity index is 1050. The number of nitrogens with one attached hydrogen (secondary N) is 3. The van der Waals surface area contributed by atoms with Gasteiger partial charge >= 0.3 is 12.1 Å². The molecule has 0 fully saturated rings. The molecule has 0 saturated heterocycles. The number of carboxylic acid groups (broad SMARTS) is 1. The van der Waals surface area contributed by atoms with Crippen LogP contribution in [0.2, 0.25) is 0 Å². The highest BCUT2D eigenvalue weighted by Crippen LogP contribution is 2.13. The van der Waals surface area contributed by atoms with Crippen LogP contribution in [0.15, 0.2) is 60.7 Å². The van der Waals surface area contributed by atoms with Crippen molar-refractivity contribution in [3.63, 3.8) is 0 Å². The van der Waals surface area contributed by atoms with Gasteiger partial charge in [-0.1, -0.05) is 60.7 Å². The molecule has 6 N–H and O–H groups in total. The molecule has 1 atom stereocenters. The molecule has 2 rings (SSSR count). The number of nitrogens with two attached hydrogens (primary N) is 1. The summed E-state index contributed by atoms with van der Waals surface area (Å²) in [5.41, 5.74) is 8.07. The van der Waals surface area contributed by atoms with Crippen molar-refractivity contribution in [2.24, 2.45) is 5.73 Å². The number of aryl methyl sites for hydroxylation is 1. The van der Waals surface area contributed by atoms with Gasteiger partial charge in [-0.25, -0.2) is 4.79 Å². The van der Waals surface area contributed by atoms with Crippen molar-refractivity contribution >= 4 is 23.6 Å². The van der Waals surface area contributed by atoms with Gasteiger partial charge in [0.05, 0.1) is 12.4 Å². The van der Waals surface area contributed by atoms with E-state index >= 15 is 0 Å². The molecular formula is C28H38F3N5O4. The standard InChI is InChI=1S/C26H37N5O2.C2HF3O2/c1-21(28)30-20-25(32)31(19-16-23-12-6-3-7-13-23)24(15-8-17-27)26(33)29-18-9-14-22-10-4-2-5-11-22;3-2(4,5)1(6)7/h2-7,10-13,24H,8-9,14-20,27H2,1H3,(H2,28,30)(H,29,33);(H,6,7). The van der Waals surface area contributed by atoms with E-state index in [2.05, 4.69) is 22.8 Å². The van der Waals surface area contributed by atoms with Crippen molar-refractivity contribution in [1.29, 1.82) is 5.41 Å². The SMILES string of the molecule is CC(=N)NCC(=O)N(CCc1ccccc1)C(CCCN)C(=O)NCCCc1ccccc1.O=C(O)C(F)(F)F. The second kappa shape index (κ2) is 18.4. The summed E-state index contributed by atoms with van der Waals surface area (Å²) < 4.78 is 31.7. The molecule has 0 spiro atoms. The van der Waals surface area contributed by atoms with Crippen LogP contribution in [0.5, 0.6) is 0 Å². The highest BCUT2D eigenvalue weighted by molar-refractivity contribution is 5.90. The van der Waals surface area contributed by atoms with E-state index in [-0.39, 0.29) is 24.2 Å². The van der Waals surface area contributed by atoms with E-state index < -0.39 is 18.2 Å². The summed E-state index contributed by atoms with van der Waals surface area (Å²) in [5, 5.41) is 20.5. The van der Waals surface area contributed by atoms with Crippen LogP contribution in [-0.2, 0) is 27.2 Å². The largest absolute Gasteiger partial charge is 0.490 e. The topological polar surface area (TPSA) is 149 Å². The monoisotopic (exact) mass is 565 g/mol. The Morgan fingerprint density at radius 2 is 1.48 bits per heavy atom. The van der Waals surface area contributed by atoms with Crippen molar-refractivity contribution in [2.45, 2.75) is 51.2 Å². The minimum absolute atomic E-state index is 0.00939. The van der Waals surface area contributed by atoms with Crippen LogP contribution in [0.3, 0.4) is 0 Å². The highest BCUT2D eigenvalue weighted by atomic mass is 19.4. The van der Waals surface area contributed by atoms with Gasteiger partial charge in [0, 0.05) is 13.1 Å². The van der Waals surface area contributed by atoms with Gasteiger partial charge in [0.1, 0.15) is 6.04 Å². The van der Waals surface area contributed by atoms with Crippen molar-refractivity contribution in [3.8, 4) is 0 Å². The van der Waals surface area contributed by atoms with Crippen molar-refractivity contribution < 1.29 is 32.7 Å². The molecule has 12 heteroatoms. The van der Waals surface area contributed by atoms with E-state index in [9.17, 15) is 22.8 Å². The normalized spacial score (nSPS) is 11.4. The first-order valence-corrected chi connectivity index (χ1v) is 12.9. The molecule has 2 amide bonds. The maximum atomic E-state index is 13.1. The molecule has 0 bridgehead atoms. The zero-order chi connectivity index (χ0) is 30.0. The number of carboxylic acids is 1. The zero-order valence-electron chi connectivity index (χ0n) is 22.5. The van der Waals surface area contributed by atoms with Crippen LogP contribution in [0.1, 0.15) is 37.3 Å². The molecule has 220 valence electrons. The van der Waals surface area contributed by atoms with Gasteiger partial charge in [-0.3, -0.25) is 15.0 Å². The molecule has 40 heavy (non-hydrogen) atoms. The van der Waals surface area contributed by atoms with Gasteiger partial charge in [0.25, 0.3) is 0 Å². The molecule has 0 aromatic heterocycles. The van der Waals surface area contributed by atoms with Gasteiger partial charge in [0.15, 0.2) is 0 Å². The highest BCUT2D eigenvalue weighted by Gasteiger charge is 2.38. The predicted octanol–water partition coefficient (Wildman–Crippen LogP) is 3.13. The van der Waals surface area contributed by atoms with E-state index in [0.29, 0.717) is 38.9 Å². The Morgan fingerprint density at radius 1 is 0.950 bits per heavy atom.